The summed E-state index contributed by atoms with van der Waals surface area (Å²) in [5.41, 5.74) is 4.70. The number of aromatic nitrogens is 1. The van der Waals surface area contributed by atoms with Gasteiger partial charge in [0, 0.05) is 30.6 Å². The van der Waals surface area contributed by atoms with Gasteiger partial charge < -0.3 is 25.2 Å². The zero-order chi connectivity index (χ0) is 24.8. The molecule has 3 aromatic rings. The van der Waals surface area contributed by atoms with Crippen LogP contribution >= 0.6 is 0 Å². The van der Waals surface area contributed by atoms with Gasteiger partial charge in [-0.05, 0) is 54.8 Å². The summed E-state index contributed by atoms with van der Waals surface area (Å²) >= 11 is 0. The smallest absolute Gasteiger partial charge is 0.326 e. The topological polar surface area (TPSA) is 110 Å². The van der Waals surface area contributed by atoms with Crippen LogP contribution in [0.3, 0.4) is 0 Å². The van der Waals surface area contributed by atoms with Gasteiger partial charge in [0.05, 0.1) is 12.3 Å². The second-order valence-corrected chi connectivity index (χ2v) is 8.51. The van der Waals surface area contributed by atoms with Gasteiger partial charge in [-0.1, -0.05) is 30.3 Å². The minimum atomic E-state index is -1.08. The summed E-state index contributed by atoms with van der Waals surface area (Å²) in [6.07, 6.45) is 0.795. The van der Waals surface area contributed by atoms with E-state index < -0.39 is 12.0 Å². The van der Waals surface area contributed by atoms with Crippen LogP contribution in [0.15, 0.2) is 54.6 Å². The van der Waals surface area contributed by atoms with Crippen molar-refractivity contribution in [3.63, 3.8) is 0 Å². The lowest BCUT2D eigenvalue weighted by molar-refractivity contribution is -0.139. The number of ether oxygens (including phenoxy) is 2. The van der Waals surface area contributed by atoms with Gasteiger partial charge in [-0.15, -0.1) is 0 Å². The van der Waals surface area contributed by atoms with Gasteiger partial charge in [-0.2, -0.15) is 0 Å². The highest BCUT2D eigenvalue weighted by atomic mass is 16.5. The fourth-order valence-corrected chi connectivity index (χ4v) is 4.03. The molecule has 0 saturated heterocycles. The van der Waals surface area contributed by atoms with E-state index in [-0.39, 0.29) is 12.3 Å². The Hall–Kier alpha value is -4.07. The number of carboxylic acid groups (broad SMARTS) is 1. The Morgan fingerprint density at radius 2 is 1.86 bits per heavy atom. The minimum absolute atomic E-state index is 0.166. The number of amides is 1. The molecule has 2 heterocycles. The molecule has 8 nitrogen and oxygen atoms in total. The van der Waals surface area contributed by atoms with Crippen LogP contribution in [0.4, 0.5) is 5.69 Å². The molecule has 182 valence electrons. The number of anilines is 1. The molecule has 0 fully saturated rings. The first-order chi connectivity index (χ1) is 16.9. The van der Waals surface area contributed by atoms with Crippen molar-refractivity contribution in [3.8, 4) is 11.6 Å². The third-order valence-corrected chi connectivity index (χ3v) is 5.88. The molecule has 0 saturated carbocycles. The number of fused-ring (bicyclic) bond motifs is 1. The molecule has 1 atom stereocenters. The van der Waals surface area contributed by atoms with E-state index in [1.54, 1.807) is 12.1 Å². The molecule has 0 unspecified atom stereocenters. The van der Waals surface area contributed by atoms with Crippen LogP contribution in [0.25, 0.3) is 0 Å². The van der Waals surface area contributed by atoms with E-state index in [2.05, 4.69) is 15.6 Å². The summed E-state index contributed by atoms with van der Waals surface area (Å²) in [6.45, 7) is 5.50. The van der Waals surface area contributed by atoms with Crippen LogP contribution in [-0.2, 0) is 17.6 Å². The quantitative estimate of drug-likeness (QED) is 0.434. The van der Waals surface area contributed by atoms with Crippen LogP contribution in [0.5, 0.6) is 11.6 Å². The summed E-state index contributed by atoms with van der Waals surface area (Å²) in [5.74, 6) is -0.168. The predicted octanol–water partition coefficient (Wildman–Crippen LogP) is 3.55. The van der Waals surface area contributed by atoms with Gasteiger partial charge in [0.1, 0.15) is 18.4 Å². The number of hydrogen-bond acceptors (Lipinski definition) is 6. The number of benzene rings is 2. The van der Waals surface area contributed by atoms with Crippen LogP contribution in [-0.4, -0.2) is 47.8 Å². The van der Waals surface area contributed by atoms with Crippen molar-refractivity contribution < 1.29 is 24.2 Å². The maximum Gasteiger partial charge on any atom is 0.326 e. The standard InChI is InChI=1S/C27H29N3O5/c1-17-4-3-5-18(2)24(17)25(31)30-23(27(32)33)16-19-6-9-21(10-7-19)34-14-12-20-8-11-22-26(29-20)35-15-13-28-22/h3-11,23,28H,12-16H2,1-2H3,(H,30,31)(H,32,33)/t23-/m0/s1. The van der Waals surface area contributed by atoms with Crippen LogP contribution in [0, 0.1) is 13.8 Å². The van der Waals surface area contributed by atoms with Crippen molar-refractivity contribution in [3.05, 3.63) is 82.5 Å². The van der Waals surface area contributed by atoms with Gasteiger partial charge in [-0.25, -0.2) is 9.78 Å². The number of aliphatic carboxylic acids is 1. The SMILES string of the molecule is Cc1cccc(C)c1C(=O)N[C@@H](Cc1ccc(OCCc2ccc3c(n2)OCCN3)cc1)C(=O)O. The zero-order valence-electron chi connectivity index (χ0n) is 19.8. The Morgan fingerprint density at radius 1 is 1.11 bits per heavy atom. The van der Waals surface area contributed by atoms with E-state index in [0.29, 0.717) is 36.8 Å². The average molecular weight is 476 g/mol. The van der Waals surface area contributed by atoms with Gasteiger partial charge >= 0.3 is 5.97 Å². The number of rotatable bonds is 9. The average Bonchev–Trinajstić information content (AvgIpc) is 2.84. The Morgan fingerprint density at radius 3 is 2.57 bits per heavy atom. The predicted molar refractivity (Wildman–Crippen MR) is 132 cm³/mol. The summed E-state index contributed by atoms with van der Waals surface area (Å²) in [7, 11) is 0. The zero-order valence-corrected chi connectivity index (χ0v) is 19.8. The monoisotopic (exact) mass is 475 g/mol. The maximum absolute atomic E-state index is 12.7. The number of pyridine rings is 1. The molecule has 4 rings (SSSR count). The van der Waals surface area contributed by atoms with Gasteiger partial charge in [0.2, 0.25) is 5.88 Å². The molecule has 1 amide bonds. The maximum atomic E-state index is 12.7. The van der Waals surface area contributed by atoms with E-state index in [1.165, 1.54) is 0 Å². The van der Waals surface area contributed by atoms with E-state index in [1.807, 2.05) is 56.3 Å². The van der Waals surface area contributed by atoms with Gasteiger partial charge in [0.25, 0.3) is 5.91 Å². The van der Waals surface area contributed by atoms with Crippen molar-refractivity contribution in [2.24, 2.45) is 0 Å². The first kappa shape index (κ1) is 24.1. The first-order valence-corrected chi connectivity index (χ1v) is 11.6. The van der Waals surface area contributed by atoms with Gasteiger partial charge in [0.15, 0.2) is 0 Å². The van der Waals surface area contributed by atoms with Crippen molar-refractivity contribution in [2.75, 3.05) is 25.1 Å². The molecular weight excluding hydrogens is 446 g/mol. The lowest BCUT2D eigenvalue weighted by Crippen LogP contribution is -2.42. The van der Waals surface area contributed by atoms with Crippen molar-refractivity contribution in [1.29, 1.82) is 0 Å². The summed E-state index contributed by atoms with van der Waals surface area (Å²) in [5, 5.41) is 15.6. The molecule has 1 aliphatic rings. The Kier molecular flexibility index (Phi) is 7.50. The second kappa shape index (κ2) is 10.9. The molecule has 1 aliphatic heterocycles. The Labute approximate surface area is 204 Å². The van der Waals surface area contributed by atoms with E-state index in [4.69, 9.17) is 9.47 Å². The third kappa shape index (κ3) is 6.09. The molecule has 0 radical (unpaired) electrons. The highest BCUT2D eigenvalue weighted by molar-refractivity contribution is 5.99. The van der Waals surface area contributed by atoms with E-state index in [0.717, 1.165) is 34.6 Å². The summed E-state index contributed by atoms with van der Waals surface area (Å²) < 4.78 is 11.4. The van der Waals surface area contributed by atoms with Crippen LogP contribution in [0.2, 0.25) is 0 Å². The molecule has 1 aromatic heterocycles. The molecule has 0 aliphatic carbocycles. The number of carbonyl (C=O) groups excluding carboxylic acids is 1. The van der Waals surface area contributed by atoms with E-state index >= 15 is 0 Å². The molecule has 0 bridgehead atoms. The lowest BCUT2D eigenvalue weighted by Gasteiger charge is -2.18. The number of nitrogens with zero attached hydrogens (tertiary/aromatic N) is 1. The van der Waals surface area contributed by atoms with Crippen LogP contribution < -0.4 is 20.1 Å². The van der Waals surface area contributed by atoms with Crippen LogP contribution in [0.1, 0.15) is 32.7 Å². The third-order valence-electron chi connectivity index (χ3n) is 5.88. The molecule has 2 aromatic carbocycles. The van der Waals surface area contributed by atoms with E-state index in [9.17, 15) is 14.7 Å². The Balaban J connectivity index is 1.31. The molecule has 0 spiro atoms. The number of aryl methyl sites for hydroxylation is 2. The number of carbonyl (C=O) groups is 2. The molecular formula is C27H29N3O5. The van der Waals surface area contributed by atoms with Crippen molar-refractivity contribution in [2.45, 2.75) is 32.7 Å². The van der Waals surface area contributed by atoms with Crippen molar-refractivity contribution in [1.82, 2.24) is 10.3 Å². The highest BCUT2D eigenvalue weighted by Crippen LogP contribution is 2.25. The summed E-state index contributed by atoms with van der Waals surface area (Å²) in [4.78, 5) is 29.1. The van der Waals surface area contributed by atoms with Crippen molar-refractivity contribution >= 4 is 17.6 Å². The molecule has 3 N–H and O–H groups in total. The number of carboxylic acids is 1. The second-order valence-electron chi connectivity index (χ2n) is 8.51. The number of nitrogens with one attached hydrogen (secondary N) is 2. The fourth-order valence-electron chi connectivity index (χ4n) is 4.03. The lowest BCUT2D eigenvalue weighted by atomic mass is 10.0. The Bertz CT molecular complexity index is 1190. The first-order valence-electron chi connectivity index (χ1n) is 11.6. The minimum Gasteiger partial charge on any atom is -0.493 e. The summed E-state index contributed by atoms with van der Waals surface area (Å²) in [6, 6.07) is 15.6. The normalized spacial score (nSPS) is 13.1. The largest absolute Gasteiger partial charge is 0.493 e. The highest BCUT2D eigenvalue weighted by Gasteiger charge is 2.23. The number of hydrogen-bond donors (Lipinski definition) is 3. The molecule has 35 heavy (non-hydrogen) atoms. The molecule has 8 heteroatoms. The van der Waals surface area contributed by atoms with Gasteiger partial charge in [-0.3, -0.25) is 4.79 Å². The fraction of sp³-hybridized carbons (Fsp3) is 0.296.